The van der Waals surface area contributed by atoms with E-state index in [1.165, 1.54) is 18.4 Å². The highest BCUT2D eigenvalue weighted by molar-refractivity contribution is 5.20. The molecule has 0 spiro atoms. The average Bonchev–Trinajstić information content (AvgIpc) is 3.10. The molecular formula is C17H20N2O2. The largest absolute Gasteiger partial charge is 0.385 e. The first-order chi connectivity index (χ1) is 10.2. The molecule has 0 amide bonds. The molecule has 21 heavy (non-hydrogen) atoms. The summed E-state index contributed by atoms with van der Waals surface area (Å²) in [5, 5.41) is 14.7. The molecule has 2 saturated heterocycles. The van der Waals surface area contributed by atoms with Crippen LogP contribution in [0.4, 0.5) is 0 Å². The van der Waals surface area contributed by atoms with Crippen molar-refractivity contribution in [3.05, 3.63) is 53.9 Å². The molecule has 2 aliphatic heterocycles. The van der Waals surface area contributed by atoms with Crippen LogP contribution in [0, 0.1) is 0 Å². The lowest BCUT2D eigenvalue weighted by Crippen LogP contribution is -2.49. The minimum Gasteiger partial charge on any atom is -0.385 e. The lowest BCUT2D eigenvalue weighted by molar-refractivity contribution is -0.0598. The number of fused-ring (bicyclic) bond motifs is 2. The van der Waals surface area contributed by atoms with Gasteiger partial charge in [0, 0.05) is 24.2 Å². The van der Waals surface area contributed by atoms with E-state index in [2.05, 4.69) is 40.4 Å². The van der Waals surface area contributed by atoms with E-state index < -0.39 is 5.60 Å². The smallest absolute Gasteiger partial charge is 0.129 e. The van der Waals surface area contributed by atoms with Crippen LogP contribution in [-0.4, -0.2) is 27.2 Å². The number of aliphatic hydroxyl groups is 1. The van der Waals surface area contributed by atoms with Crippen molar-refractivity contribution in [3.8, 4) is 0 Å². The quantitative estimate of drug-likeness (QED) is 0.941. The number of nitrogens with zero attached hydrogens (tertiary/aromatic N) is 2. The summed E-state index contributed by atoms with van der Waals surface area (Å²) in [6, 6.07) is 11.5. The topological polar surface area (TPSA) is 49.5 Å². The Hall–Kier alpha value is -1.65. The molecule has 2 unspecified atom stereocenters. The molecule has 110 valence electrons. The van der Waals surface area contributed by atoms with E-state index in [-0.39, 0.29) is 0 Å². The van der Waals surface area contributed by atoms with Crippen LogP contribution in [0.15, 0.2) is 47.3 Å². The van der Waals surface area contributed by atoms with Gasteiger partial charge in [0.25, 0.3) is 0 Å². The van der Waals surface area contributed by atoms with Crippen LogP contribution in [-0.2, 0) is 12.1 Å². The lowest BCUT2D eigenvalue weighted by atomic mass is 9.82. The van der Waals surface area contributed by atoms with Gasteiger partial charge in [-0.15, -0.1) is 0 Å². The number of benzene rings is 1. The fraction of sp³-hybridized carbons (Fsp3) is 0.471. The lowest BCUT2D eigenvalue weighted by Gasteiger charge is -2.43. The maximum atomic E-state index is 11.0. The van der Waals surface area contributed by atoms with Gasteiger partial charge in [-0.3, -0.25) is 4.90 Å². The zero-order valence-corrected chi connectivity index (χ0v) is 12.0. The number of rotatable bonds is 3. The fourth-order valence-corrected chi connectivity index (χ4v) is 4.04. The van der Waals surface area contributed by atoms with Gasteiger partial charge in [-0.25, -0.2) is 0 Å². The van der Waals surface area contributed by atoms with Gasteiger partial charge in [0.2, 0.25) is 0 Å². The first-order valence-corrected chi connectivity index (χ1v) is 7.66. The van der Waals surface area contributed by atoms with Crippen LogP contribution in [0.25, 0.3) is 0 Å². The molecule has 4 rings (SSSR count). The third-order valence-electron chi connectivity index (χ3n) is 5.10. The third-order valence-corrected chi connectivity index (χ3v) is 5.10. The summed E-state index contributed by atoms with van der Waals surface area (Å²) in [5.41, 5.74) is 1.42. The van der Waals surface area contributed by atoms with E-state index in [0.29, 0.717) is 12.1 Å². The summed E-state index contributed by atoms with van der Waals surface area (Å²) in [6.45, 7) is 0.982. The Morgan fingerprint density at radius 3 is 2.52 bits per heavy atom. The molecule has 2 aliphatic rings. The van der Waals surface area contributed by atoms with Crippen LogP contribution < -0.4 is 0 Å². The Morgan fingerprint density at radius 1 is 1.19 bits per heavy atom. The van der Waals surface area contributed by atoms with Crippen molar-refractivity contribution < 1.29 is 9.63 Å². The van der Waals surface area contributed by atoms with E-state index in [0.717, 1.165) is 24.9 Å². The van der Waals surface area contributed by atoms with Crippen molar-refractivity contribution in [2.75, 3.05) is 0 Å². The highest BCUT2D eigenvalue weighted by Gasteiger charge is 2.48. The standard InChI is InChI=1S/C17H20N2O2/c20-17(14-10-18-21-12-14)8-15-6-7-16(9-17)19(15)11-13-4-2-1-3-5-13/h1-5,10,12,15-16,20H,6-9,11H2. The van der Waals surface area contributed by atoms with Crippen LogP contribution in [0.3, 0.4) is 0 Å². The van der Waals surface area contributed by atoms with Crippen molar-refractivity contribution in [3.63, 3.8) is 0 Å². The zero-order valence-electron chi connectivity index (χ0n) is 12.0. The van der Waals surface area contributed by atoms with E-state index in [1.54, 1.807) is 12.5 Å². The molecule has 2 fully saturated rings. The van der Waals surface area contributed by atoms with Gasteiger partial charge < -0.3 is 9.63 Å². The molecule has 3 heterocycles. The van der Waals surface area contributed by atoms with Crippen molar-refractivity contribution >= 4 is 0 Å². The molecule has 1 aromatic heterocycles. The summed E-state index contributed by atoms with van der Waals surface area (Å²) in [5.74, 6) is 0. The van der Waals surface area contributed by atoms with Gasteiger partial charge in [0.15, 0.2) is 0 Å². The van der Waals surface area contributed by atoms with Gasteiger partial charge >= 0.3 is 0 Å². The second-order valence-electron chi connectivity index (χ2n) is 6.40. The minimum atomic E-state index is -0.765. The number of piperidine rings is 1. The monoisotopic (exact) mass is 284 g/mol. The zero-order chi connectivity index (χ0) is 14.3. The maximum absolute atomic E-state index is 11.0. The van der Waals surface area contributed by atoms with Gasteiger partial charge in [-0.05, 0) is 31.2 Å². The Labute approximate surface area is 124 Å². The molecule has 0 radical (unpaired) electrons. The number of hydrogen-bond donors (Lipinski definition) is 1. The van der Waals surface area contributed by atoms with Crippen LogP contribution in [0.1, 0.15) is 36.8 Å². The van der Waals surface area contributed by atoms with Crippen molar-refractivity contribution in [1.29, 1.82) is 0 Å². The molecule has 0 aliphatic carbocycles. The molecule has 4 heteroatoms. The first-order valence-electron chi connectivity index (χ1n) is 7.66. The summed E-state index contributed by atoms with van der Waals surface area (Å²) < 4.78 is 4.92. The van der Waals surface area contributed by atoms with E-state index in [4.69, 9.17) is 4.52 Å². The molecular weight excluding hydrogens is 264 g/mol. The predicted molar refractivity (Wildman–Crippen MR) is 78.4 cm³/mol. The van der Waals surface area contributed by atoms with Gasteiger partial charge in [-0.2, -0.15) is 0 Å². The number of hydrogen-bond acceptors (Lipinski definition) is 4. The molecule has 1 aromatic carbocycles. The number of aromatic nitrogens is 1. The molecule has 1 N–H and O–H groups in total. The van der Waals surface area contributed by atoms with Crippen LogP contribution in [0.2, 0.25) is 0 Å². The summed E-state index contributed by atoms with van der Waals surface area (Å²) >= 11 is 0. The average molecular weight is 284 g/mol. The highest BCUT2D eigenvalue weighted by Crippen LogP contribution is 2.46. The van der Waals surface area contributed by atoms with Crippen molar-refractivity contribution in [2.45, 2.75) is 49.9 Å². The van der Waals surface area contributed by atoms with E-state index in [9.17, 15) is 5.11 Å². The van der Waals surface area contributed by atoms with Crippen molar-refractivity contribution in [2.24, 2.45) is 0 Å². The second-order valence-corrected chi connectivity index (χ2v) is 6.40. The third kappa shape index (κ3) is 2.28. The normalized spacial score (nSPS) is 32.4. The van der Waals surface area contributed by atoms with Gasteiger partial charge in [0.1, 0.15) is 6.26 Å². The predicted octanol–water partition coefficient (Wildman–Crippen LogP) is 2.69. The fourth-order valence-electron chi connectivity index (χ4n) is 4.04. The maximum Gasteiger partial charge on any atom is 0.129 e. The molecule has 2 bridgehead atoms. The van der Waals surface area contributed by atoms with Gasteiger partial charge in [0.05, 0.1) is 11.8 Å². The van der Waals surface area contributed by atoms with E-state index >= 15 is 0 Å². The Kier molecular flexibility index (Phi) is 3.08. The minimum absolute atomic E-state index is 0.448. The first kappa shape index (κ1) is 13.0. The van der Waals surface area contributed by atoms with Gasteiger partial charge in [-0.1, -0.05) is 35.5 Å². The molecule has 2 atom stereocenters. The molecule has 0 saturated carbocycles. The summed E-state index contributed by atoms with van der Waals surface area (Å²) in [6.07, 6.45) is 7.14. The SMILES string of the molecule is OC1(c2cnoc2)CC2CCC(C1)N2Cc1ccccc1. The Bertz CT molecular complexity index is 583. The van der Waals surface area contributed by atoms with Crippen molar-refractivity contribution in [1.82, 2.24) is 10.1 Å². The van der Waals surface area contributed by atoms with Crippen LogP contribution >= 0.6 is 0 Å². The summed E-state index contributed by atoms with van der Waals surface area (Å²) in [7, 11) is 0. The molecule has 2 aromatic rings. The van der Waals surface area contributed by atoms with Crippen LogP contribution in [0.5, 0.6) is 0 Å². The van der Waals surface area contributed by atoms with E-state index in [1.807, 2.05) is 0 Å². The molecule has 4 nitrogen and oxygen atoms in total. The Morgan fingerprint density at radius 2 is 1.90 bits per heavy atom. The summed E-state index contributed by atoms with van der Waals surface area (Å²) in [4.78, 5) is 2.57. The Balaban J connectivity index is 1.54. The second kappa shape index (κ2) is 4.97. The highest BCUT2D eigenvalue weighted by atomic mass is 16.5.